The van der Waals surface area contributed by atoms with Gasteiger partial charge in [0, 0.05) is 12.1 Å². The second-order valence-electron chi connectivity index (χ2n) is 4.40. The molecule has 1 aromatic carbocycles. The number of thiocarbonyl (C=S) groups is 1. The maximum atomic E-state index is 5.62. The maximum absolute atomic E-state index is 5.62. The van der Waals surface area contributed by atoms with Crippen molar-refractivity contribution in [2.75, 3.05) is 26.2 Å². The van der Waals surface area contributed by atoms with Crippen LogP contribution in [0.2, 0.25) is 0 Å². The van der Waals surface area contributed by atoms with Gasteiger partial charge in [0.05, 0.1) is 0 Å². The minimum Gasteiger partial charge on any atom is -0.482 e. The maximum Gasteiger partial charge on any atom is 0.191 e. The quantitative estimate of drug-likeness (QED) is 0.761. The Morgan fingerprint density at radius 2 is 1.82 bits per heavy atom. The molecule has 0 amide bonds. The molecule has 1 saturated heterocycles. The normalized spacial score (nSPS) is 16.7. The van der Waals surface area contributed by atoms with Crippen molar-refractivity contribution < 1.29 is 4.74 Å². The van der Waals surface area contributed by atoms with Crippen LogP contribution in [0.25, 0.3) is 0 Å². The Bertz CT molecular complexity index is 346. The average Bonchev–Trinajstić information content (AvgIpc) is 2.41. The van der Waals surface area contributed by atoms with E-state index in [1.165, 1.54) is 32.4 Å². The first kappa shape index (κ1) is 12.5. The van der Waals surface area contributed by atoms with E-state index in [1.54, 1.807) is 0 Å². The summed E-state index contributed by atoms with van der Waals surface area (Å²) in [6, 6.07) is 9.93. The molecule has 3 heteroatoms. The number of piperidine rings is 1. The average molecular weight is 249 g/mol. The molecule has 0 N–H and O–H groups in total. The number of benzene rings is 1. The van der Waals surface area contributed by atoms with Crippen LogP contribution in [0.1, 0.15) is 24.8 Å². The van der Waals surface area contributed by atoms with Crippen molar-refractivity contribution in [2.24, 2.45) is 0 Å². The molecule has 0 bridgehead atoms. The SMILES string of the molecule is S=C(OCCN1CCCCC1)c1ccccc1. The smallest absolute Gasteiger partial charge is 0.191 e. The van der Waals surface area contributed by atoms with E-state index in [1.807, 2.05) is 30.3 Å². The third-order valence-electron chi connectivity index (χ3n) is 3.10. The summed E-state index contributed by atoms with van der Waals surface area (Å²) < 4.78 is 5.62. The van der Waals surface area contributed by atoms with Crippen LogP contribution in [0.4, 0.5) is 0 Å². The molecule has 1 aliphatic heterocycles. The first-order valence-electron chi connectivity index (χ1n) is 6.31. The lowest BCUT2D eigenvalue weighted by Gasteiger charge is -2.26. The van der Waals surface area contributed by atoms with E-state index >= 15 is 0 Å². The van der Waals surface area contributed by atoms with Gasteiger partial charge >= 0.3 is 0 Å². The Labute approximate surface area is 109 Å². The Morgan fingerprint density at radius 1 is 1.12 bits per heavy atom. The molecular formula is C14H19NOS. The summed E-state index contributed by atoms with van der Waals surface area (Å²) >= 11 is 5.25. The van der Waals surface area contributed by atoms with Gasteiger partial charge in [-0.3, -0.25) is 4.90 Å². The van der Waals surface area contributed by atoms with Crippen LogP contribution in [0.3, 0.4) is 0 Å². The highest BCUT2D eigenvalue weighted by molar-refractivity contribution is 7.80. The molecule has 0 aliphatic carbocycles. The molecule has 17 heavy (non-hydrogen) atoms. The first-order chi connectivity index (χ1) is 8.36. The molecule has 1 heterocycles. The second kappa shape index (κ2) is 6.72. The zero-order chi connectivity index (χ0) is 11.9. The molecule has 0 unspecified atom stereocenters. The van der Waals surface area contributed by atoms with Gasteiger partial charge in [-0.15, -0.1) is 0 Å². The van der Waals surface area contributed by atoms with Crippen LogP contribution in [-0.4, -0.2) is 36.2 Å². The number of nitrogens with zero attached hydrogens (tertiary/aromatic N) is 1. The van der Waals surface area contributed by atoms with E-state index in [-0.39, 0.29) is 0 Å². The highest BCUT2D eigenvalue weighted by Crippen LogP contribution is 2.08. The zero-order valence-corrected chi connectivity index (χ0v) is 10.9. The van der Waals surface area contributed by atoms with Crippen LogP contribution in [-0.2, 0) is 4.74 Å². The standard InChI is InChI=1S/C14H19NOS/c17-14(13-7-3-1-4-8-13)16-12-11-15-9-5-2-6-10-15/h1,3-4,7-8H,2,5-6,9-12H2. The summed E-state index contributed by atoms with van der Waals surface area (Å²) in [5, 5.41) is 0.614. The zero-order valence-electron chi connectivity index (χ0n) is 10.1. The molecule has 0 atom stereocenters. The van der Waals surface area contributed by atoms with Crippen molar-refractivity contribution in [1.82, 2.24) is 4.90 Å². The minimum absolute atomic E-state index is 0.614. The molecule has 1 aromatic rings. The minimum atomic E-state index is 0.614. The van der Waals surface area contributed by atoms with Crippen molar-refractivity contribution in [3.8, 4) is 0 Å². The number of ether oxygens (including phenoxy) is 1. The van der Waals surface area contributed by atoms with Gasteiger partial charge in [-0.25, -0.2) is 0 Å². The van der Waals surface area contributed by atoms with Crippen LogP contribution in [0, 0.1) is 0 Å². The van der Waals surface area contributed by atoms with Crippen molar-refractivity contribution in [1.29, 1.82) is 0 Å². The predicted molar refractivity (Wildman–Crippen MR) is 74.4 cm³/mol. The van der Waals surface area contributed by atoms with E-state index in [4.69, 9.17) is 17.0 Å². The topological polar surface area (TPSA) is 12.5 Å². The highest BCUT2D eigenvalue weighted by atomic mass is 32.1. The summed E-state index contributed by atoms with van der Waals surface area (Å²) in [6.45, 7) is 4.11. The van der Waals surface area contributed by atoms with Crippen LogP contribution >= 0.6 is 12.2 Å². The second-order valence-corrected chi connectivity index (χ2v) is 4.78. The molecule has 1 aliphatic rings. The van der Waals surface area contributed by atoms with E-state index in [0.717, 1.165) is 12.1 Å². The summed E-state index contributed by atoms with van der Waals surface area (Å²) in [4.78, 5) is 2.46. The Balaban J connectivity index is 1.69. The van der Waals surface area contributed by atoms with Crippen molar-refractivity contribution >= 4 is 17.3 Å². The van der Waals surface area contributed by atoms with Gasteiger partial charge in [0.25, 0.3) is 0 Å². The van der Waals surface area contributed by atoms with Crippen molar-refractivity contribution in [2.45, 2.75) is 19.3 Å². The van der Waals surface area contributed by atoms with Gasteiger partial charge < -0.3 is 4.74 Å². The molecule has 92 valence electrons. The predicted octanol–water partition coefficient (Wildman–Crippen LogP) is 2.86. The van der Waals surface area contributed by atoms with Gasteiger partial charge in [0.2, 0.25) is 0 Å². The number of hydrogen-bond donors (Lipinski definition) is 0. The van der Waals surface area contributed by atoms with Gasteiger partial charge in [-0.05, 0) is 38.1 Å². The highest BCUT2D eigenvalue weighted by Gasteiger charge is 2.10. The van der Waals surface area contributed by atoms with Crippen LogP contribution < -0.4 is 0 Å². The Kier molecular flexibility index (Phi) is 4.95. The Morgan fingerprint density at radius 3 is 2.53 bits per heavy atom. The Hall–Kier alpha value is -0.930. The lowest BCUT2D eigenvalue weighted by Crippen LogP contribution is -2.33. The fraction of sp³-hybridized carbons (Fsp3) is 0.500. The first-order valence-corrected chi connectivity index (χ1v) is 6.71. The number of rotatable bonds is 4. The molecule has 1 fully saturated rings. The van der Waals surface area contributed by atoms with E-state index in [0.29, 0.717) is 11.7 Å². The summed E-state index contributed by atoms with van der Waals surface area (Å²) in [5.74, 6) is 0. The molecular weight excluding hydrogens is 230 g/mol. The largest absolute Gasteiger partial charge is 0.482 e. The fourth-order valence-corrected chi connectivity index (χ4v) is 2.33. The third kappa shape index (κ3) is 4.10. The van der Waals surface area contributed by atoms with E-state index in [2.05, 4.69) is 4.90 Å². The van der Waals surface area contributed by atoms with Gasteiger partial charge in [0.15, 0.2) is 5.05 Å². The van der Waals surface area contributed by atoms with Gasteiger partial charge in [-0.2, -0.15) is 0 Å². The molecule has 0 aromatic heterocycles. The fourth-order valence-electron chi connectivity index (χ4n) is 2.11. The summed E-state index contributed by atoms with van der Waals surface area (Å²) in [7, 11) is 0. The lowest BCUT2D eigenvalue weighted by atomic mass is 10.1. The summed E-state index contributed by atoms with van der Waals surface area (Å²) in [6.07, 6.45) is 4.02. The molecule has 2 nitrogen and oxygen atoms in total. The monoisotopic (exact) mass is 249 g/mol. The van der Waals surface area contributed by atoms with Crippen molar-refractivity contribution in [3.63, 3.8) is 0 Å². The number of hydrogen-bond acceptors (Lipinski definition) is 3. The van der Waals surface area contributed by atoms with Gasteiger partial charge in [-0.1, -0.05) is 36.8 Å². The lowest BCUT2D eigenvalue weighted by molar-refractivity contribution is 0.181. The van der Waals surface area contributed by atoms with Crippen molar-refractivity contribution in [3.05, 3.63) is 35.9 Å². The van der Waals surface area contributed by atoms with E-state index < -0.39 is 0 Å². The molecule has 0 saturated carbocycles. The van der Waals surface area contributed by atoms with E-state index in [9.17, 15) is 0 Å². The summed E-state index contributed by atoms with van der Waals surface area (Å²) in [5.41, 5.74) is 1.00. The molecule has 0 spiro atoms. The van der Waals surface area contributed by atoms with Crippen LogP contribution in [0.15, 0.2) is 30.3 Å². The van der Waals surface area contributed by atoms with Crippen LogP contribution in [0.5, 0.6) is 0 Å². The molecule has 2 rings (SSSR count). The third-order valence-corrected chi connectivity index (χ3v) is 3.45. The molecule has 0 radical (unpaired) electrons. The van der Waals surface area contributed by atoms with Gasteiger partial charge in [0.1, 0.15) is 6.61 Å². The number of likely N-dealkylation sites (tertiary alicyclic amines) is 1.